The molecule has 0 aliphatic carbocycles. The highest BCUT2D eigenvalue weighted by Crippen LogP contribution is 1.87. The van der Waals surface area contributed by atoms with Crippen molar-refractivity contribution >= 4 is 11.9 Å². The summed E-state index contributed by atoms with van der Waals surface area (Å²) >= 11 is 0. The maximum Gasteiger partial charge on any atom is 0.302 e. The summed E-state index contributed by atoms with van der Waals surface area (Å²) < 4.78 is 4.64. The molecular weight excluding hydrogens is 198 g/mol. The van der Waals surface area contributed by atoms with Gasteiger partial charge in [-0.25, -0.2) is 5.06 Å². The highest BCUT2D eigenvalue weighted by Gasteiger charge is 2.00. The number of allylic oxidation sites excluding steroid dienone is 2. The average molecular weight is 213 g/mol. The Morgan fingerprint density at radius 1 is 1.33 bits per heavy atom. The number of carbonyl (C=O) groups is 2. The first-order valence-electron chi connectivity index (χ1n) is 4.36. The van der Waals surface area contributed by atoms with Crippen molar-refractivity contribution in [3.05, 3.63) is 24.3 Å². The van der Waals surface area contributed by atoms with Crippen LogP contribution in [0.1, 0.15) is 6.92 Å². The second-order valence-electron chi connectivity index (χ2n) is 2.61. The van der Waals surface area contributed by atoms with Gasteiger partial charge in [-0.1, -0.05) is 12.2 Å². The minimum Gasteiger partial charge on any atom is -0.462 e. The second kappa shape index (κ2) is 7.75. The van der Waals surface area contributed by atoms with E-state index in [1.54, 1.807) is 18.2 Å². The van der Waals surface area contributed by atoms with Crippen molar-refractivity contribution < 1.29 is 19.2 Å². The normalized spacial score (nSPS) is 10.9. The zero-order valence-corrected chi connectivity index (χ0v) is 9.10. The van der Waals surface area contributed by atoms with Crippen LogP contribution in [-0.4, -0.2) is 37.7 Å². The van der Waals surface area contributed by atoms with Gasteiger partial charge in [0.15, 0.2) is 0 Å². The zero-order valence-electron chi connectivity index (χ0n) is 9.10. The van der Waals surface area contributed by atoms with Crippen LogP contribution in [0.3, 0.4) is 0 Å². The Bertz CT molecular complexity index is 271. The molecule has 0 bridgehead atoms. The number of likely N-dealkylation sites (N-methyl/N-ethyl adjacent to an activating group) is 1. The SMILES string of the molecule is CON(C)C(=O)/C=C/C=C/COC(C)=O. The third kappa shape index (κ3) is 7.45. The van der Waals surface area contributed by atoms with Crippen LogP contribution in [0.15, 0.2) is 24.3 Å². The summed E-state index contributed by atoms with van der Waals surface area (Å²) in [6.07, 6.45) is 6.12. The van der Waals surface area contributed by atoms with Gasteiger partial charge < -0.3 is 4.74 Å². The first-order valence-corrected chi connectivity index (χ1v) is 4.36. The van der Waals surface area contributed by atoms with Crippen LogP contribution in [0.4, 0.5) is 0 Å². The van der Waals surface area contributed by atoms with E-state index in [0.717, 1.165) is 5.06 Å². The van der Waals surface area contributed by atoms with Gasteiger partial charge in [0, 0.05) is 20.0 Å². The largest absolute Gasteiger partial charge is 0.462 e. The molecule has 1 amide bonds. The molecule has 0 fully saturated rings. The molecule has 0 N–H and O–H groups in total. The molecule has 0 aliphatic heterocycles. The van der Waals surface area contributed by atoms with Crippen LogP contribution in [-0.2, 0) is 19.2 Å². The highest BCUT2D eigenvalue weighted by molar-refractivity contribution is 5.86. The highest BCUT2D eigenvalue weighted by atomic mass is 16.7. The summed E-state index contributed by atoms with van der Waals surface area (Å²) in [5, 5.41) is 1.09. The molecule has 0 aliphatic rings. The van der Waals surface area contributed by atoms with Crippen LogP contribution in [0.25, 0.3) is 0 Å². The van der Waals surface area contributed by atoms with Gasteiger partial charge in [0.05, 0.1) is 7.11 Å². The molecule has 15 heavy (non-hydrogen) atoms. The summed E-state index contributed by atoms with van der Waals surface area (Å²) in [6.45, 7) is 1.54. The molecule has 0 rings (SSSR count). The summed E-state index contributed by atoms with van der Waals surface area (Å²) in [4.78, 5) is 26.1. The van der Waals surface area contributed by atoms with Gasteiger partial charge in [-0.3, -0.25) is 14.4 Å². The van der Waals surface area contributed by atoms with Crippen LogP contribution >= 0.6 is 0 Å². The molecule has 0 saturated heterocycles. The van der Waals surface area contributed by atoms with E-state index in [9.17, 15) is 9.59 Å². The lowest BCUT2D eigenvalue weighted by Gasteiger charge is -2.09. The van der Waals surface area contributed by atoms with Crippen LogP contribution < -0.4 is 0 Å². The molecule has 0 aromatic carbocycles. The maximum absolute atomic E-state index is 11.1. The quantitative estimate of drug-likeness (QED) is 0.292. The molecule has 0 aromatic rings. The topological polar surface area (TPSA) is 55.8 Å². The van der Waals surface area contributed by atoms with Gasteiger partial charge in [-0.2, -0.15) is 0 Å². The lowest BCUT2D eigenvalue weighted by molar-refractivity contribution is -0.162. The predicted octanol–water partition coefficient (Wildman–Crippen LogP) is 0.682. The molecule has 0 spiro atoms. The predicted molar refractivity (Wildman–Crippen MR) is 54.7 cm³/mol. The number of esters is 1. The average Bonchev–Trinajstić information content (AvgIpc) is 2.21. The van der Waals surface area contributed by atoms with E-state index < -0.39 is 0 Å². The summed E-state index contributed by atoms with van der Waals surface area (Å²) in [5.74, 6) is -0.603. The Balaban J connectivity index is 3.79. The zero-order chi connectivity index (χ0) is 11.7. The Kier molecular flexibility index (Phi) is 6.92. The fraction of sp³-hybridized carbons (Fsp3) is 0.400. The Morgan fingerprint density at radius 2 is 2.00 bits per heavy atom. The van der Waals surface area contributed by atoms with Gasteiger partial charge in [0.1, 0.15) is 6.61 Å². The van der Waals surface area contributed by atoms with Crippen molar-refractivity contribution in [1.29, 1.82) is 0 Å². The van der Waals surface area contributed by atoms with E-state index in [4.69, 9.17) is 0 Å². The smallest absolute Gasteiger partial charge is 0.302 e. The molecule has 0 atom stereocenters. The van der Waals surface area contributed by atoms with E-state index >= 15 is 0 Å². The number of rotatable bonds is 5. The fourth-order valence-corrected chi connectivity index (χ4v) is 0.632. The number of ether oxygens (including phenoxy) is 1. The number of hydrogen-bond donors (Lipinski definition) is 0. The summed E-state index contributed by atoms with van der Waals surface area (Å²) in [5.41, 5.74) is 0. The summed E-state index contributed by atoms with van der Waals surface area (Å²) in [6, 6.07) is 0. The van der Waals surface area contributed by atoms with Crippen molar-refractivity contribution in [2.24, 2.45) is 0 Å². The number of hydroxylamine groups is 2. The molecule has 5 nitrogen and oxygen atoms in total. The minimum absolute atomic E-state index is 0.202. The van der Waals surface area contributed by atoms with Crippen LogP contribution in [0.5, 0.6) is 0 Å². The maximum atomic E-state index is 11.1. The Morgan fingerprint density at radius 3 is 2.53 bits per heavy atom. The van der Waals surface area contributed by atoms with Crippen molar-refractivity contribution in [2.75, 3.05) is 20.8 Å². The van der Waals surface area contributed by atoms with Crippen molar-refractivity contribution in [3.8, 4) is 0 Å². The Hall–Kier alpha value is -1.62. The first-order chi connectivity index (χ1) is 7.07. The molecule has 84 valence electrons. The fourth-order valence-electron chi connectivity index (χ4n) is 0.632. The van der Waals surface area contributed by atoms with Gasteiger partial charge in [0.25, 0.3) is 5.91 Å². The molecule has 0 aromatic heterocycles. The molecule has 0 saturated carbocycles. The Labute approximate surface area is 88.9 Å². The third-order valence-corrected chi connectivity index (χ3v) is 1.45. The number of carbonyl (C=O) groups excluding carboxylic acids is 2. The van der Waals surface area contributed by atoms with E-state index in [-0.39, 0.29) is 18.5 Å². The lowest BCUT2D eigenvalue weighted by atomic mass is 10.4. The van der Waals surface area contributed by atoms with Crippen molar-refractivity contribution in [3.63, 3.8) is 0 Å². The van der Waals surface area contributed by atoms with Crippen molar-refractivity contribution in [2.45, 2.75) is 6.92 Å². The molecule has 0 heterocycles. The minimum atomic E-state index is -0.334. The van der Waals surface area contributed by atoms with E-state index in [2.05, 4.69) is 9.57 Å². The first kappa shape index (κ1) is 13.4. The van der Waals surface area contributed by atoms with Gasteiger partial charge in [0.2, 0.25) is 0 Å². The standard InChI is InChI=1S/C10H15NO4/c1-9(12)15-8-6-4-5-7-10(13)11(2)14-3/h4-7H,8H2,1-3H3/b6-4+,7-5+. The second-order valence-corrected chi connectivity index (χ2v) is 2.61. The van der Waals surface area contributed by atoms with E-state index in [1.165, 1.54) is 27.2 Å². The lowest BCUT2D eigenvalue weighted by Crippen LogP contribution is -2.22. The molecule has 0 radical (unpaired) electrons. The molecule has 0 unspecified atom stereocenters. The monoisotopic (exact) mass is 213 g/mol. The number of hydrogen-bond acceptors (Lipinski definition) is 4. The van der Waals surface area contributed by atoms with Gasteiger partial charge in [-0.15, -0.1) is 0 Å². The van der Waals surface area contributed by atoms with Crippen LogP contribution in [0, 0.1) is 0 Å². The van der Waals surface area contributed by atoms with Gasteiger partial charge >= 0.3 is 5.97 Å². The van der Waals surface area contributed by atoms with E-state index in [1.807, 2.05) is 0 Å². The summed E-state index contributed by atoms with van der Waals surface area (Å²) in [7, 11) is 2.91. The number of amides is 1. The third-order valence-electron chi connectivity index (χ3n) is 1.45. The van der Waals surface area contributed by atoms with Crippen molar-refractivity contribution in [1.82, 2.24) is 5.06 Å². The molecular formula is C10H15NO4. The van der Waals surface area contributed by atoms with Gasteiger partial charge in [-0.05, 0) is 6.08 Å². The molecule has 5 heteroatoms. The van der Waals surface area contributed by atoms with Crippen LogP contribution in [0.2, 0.25) is 0 Å². The number of nitrogens with zero attached hydrogens (tertiary/aromatic N) is 1. The van der Waals surface area contributed by atoms with E-state index in [0.29, 0.717) is 0 Å².